The average molecular weight is 268 g/mol. The summed E-state index contributed by atoms with van der Waals surface area (Å²) in [6.07, 6.45) is 1.01. The number of nitrogens with zero attached hydrogens (tertiary/aromatic N) is 4. The summed E-state index contributed by atoms with van der Waals surface area (Å²) in [5.41, 5.74) is -0.536. The molecule has 6 heteroatoms. The topological polar surface area (TPSA) is 69.9 Å². The van der Waals surface area contributed by atoms with E-state index < -0.39 is 5.60 Å². The first-order valence-corrected chi connectivity index (χ1v) is 6.58. The summed E-state index contributed by atoms with van der Waals surface area (Å²) in [6.45, 7) is 12.3. The highest BCUT2D eigenvalue weighted by Gasteiger charge is 2.20. The number of esters is 1. The third-order valence-electron chi connectivity index (χ3n) is 2.28. The number of carbonyl (C=O) groups excluding carboxylic acids is 1. The second-order valence-electron chi connectivity index (χ2n) is 6.65. The number of hydrogen-bond acceptors (Lipinski definition) is 5. The number of ether oxygens (including phenoxy) is 1. The van der Waals surface area contributed by atoms with E-state index in [1.54, 1.807) is 0 Å². The van der Waals surface area contributed by atoms with Crippen molar-refractivity contribution >= 4 is 5.97 Å². The van der Waals surface area contributed by atoms with E-state index in [-0.39, 0.29) is 11.4 Å². The van der Waals surface area contributed by atoms with Gasteiger partial charge in [-0.15, -0.1) is 10.2 Å². The second kappa shape index (κ2) is 5.67. The van der Waals surface area contributed by atoms with Crippen LogP contribution in [0.2, 0.25) is 0 Å². The van der Waals surface area contributed by atoms with E-state index in [1.807, 2.05) is 41.5 Å². The number of rotatable bonds is 4. The van der Waals surface area contributed by atoms with E-state index in [9.17, 15) is 4.79 Å². The predicted octanol–water partition coefficient (Wildman–Crippen LogP) is 2.09. The van der Waals surface area contributed by atoms with E-state index in [2.05, 4.69) is 15.4 Å². The van der Waals surface area contributed by atoms with Crippen molar-refractivity contribution in [2.24, 2.45) is 0 Å². The van der Waals surface area contributed by atoms with Gasteiger partial charge in [-0.2, -0.15) is 4.80 Å². The summed E-state index contributed by atoms with van der Waals surface area (Å²) >= 11 is 0. The normalized spacial score (nSPS) is 12.5. The molecule has 108 valence electrons. The van der Waals surface area contributed by atoms with Gasteiger partial charge in [0.15, 0.2) is 5.82 Å². The zero-order valence-corrected chi connectivity index (χ0v) is 12.7. The summed E-state index contributed by atoms with van der Waals surface area (Å²) in [4.78, 5) is 13.1. The fourth-order valence-corrected chi connectivity index (χ4v) is 1.40. The van der Waals surface area contributed by atoms with Crippen molar-refractivity contribution in [3.05, 3.63) is 5.82 Å². The maximum Gasteiger partial charge on any atom is 0.306 e. The third kappa shape index (κ3) is 5.81. The first-order valence-electron chi connectivity index (χ1n) is 6.58. The molecule has 0 bridgehead atoms. The van der Waals surface area contributed by atoms with Gasteiger partial charge in [-0.25, -0.2) is 0 Å². The van der Waals surface area contributed by atoms with Crippen molar-refractivity contribution in [3.8, 4) is 0 Å². The highest BCUT2D eigenvalue weighted by molar-refractivity contribution is 5.69. The zero-order valence-electron chi connectivity index (χ0n) is 12.7. The largest absolute Gasteiger partial charge is 0.460 e. The van der Waals surface area contributed by atoms with Crippen LogP contribution in [0.5, 0.6) is 0 Å². The van der Waals surface area contributed by atoms with Gasteiger partial charge in [0, 0.05) is 11.8 Å². The molecule has 1 aromatic heterocycles. The second-order valence-corrected chi connectivity index (χ2v) is 6.65. The maximum atomic E-state index is 11.5. The number of aromatic nitrogens is 4. The van der Waals surface area contributed by atoms with Crippen LogP contribution < -0.4 is 0 Å². The standard InChI is InChI=1S/C13H24N4O2/c1-12(2,3)11-14-16-17(15-11)9-7-8-10(18)19-13(4,5)6/h7-9H2,1-6H3. The predicted molar refractivity (Wildman–Crippen MR) is 71.6 cm³/mol. The van der Waals surface area contributed by atoms with Crippen molar-refractivity contribution in [2.75, 3.05) is 0 Å². The van der Waals surface area contributed by atoms with Crippen molar-refractivity contribution in [1.29, 1.82) is 0 Å². The lowest BCUT2D eigenvalue weighted by atomic mass is 9.96. The number of aryl methyl sites for hydroxylation is 1. The van der Waals surface area contributed by atoms with Gasteiger partial charge in [-0.1, -0.05) is 20.8 Å². The lowest BCUT2D eigenvalue weighted by Gasteiger charge is -2.19. The molecule has 0 saturated heterocycles. The minimum atomic E-state index is -0.429. The molecule has 0 aromatic carbocycles. The molecule has 0 saturated carbocycles. The molecule has 0 spiro atoms. The number of tetrazole rings is 1. The van der Waals surface area contributed by atoms with Crippen molar-refractivity contribution in [3.63, 3.8) is 0 Å². The lowest BCUT2D eigenvalue weighted by molar-refractivity contribution is -0.154. The van der Waals surface area contributed by atoms with E-state index in [0.717, 1.165) is 0 Å². The van der Waals surface area contributed by atoms with Crippen LogP contribution in [0.4, 0.5) is 0 Å². The van der Waals surface area contributed by atoms with Crippen LogP contribution >= 0.6 is 0 Å². The summed E-state index contributed by atoms with van der Waals surface area (Å²) in [6, 6.07) is 0. The molecule has 19 heavy (non-hydrogen) atoms. The Morgan fingerprint density at radius 2 is 1.84 bits per heavy atom. The minimum absolute atomic E-state index is 0.108. The van der Waals surface area contributed by atoms with Crippen molar-refractivity contribution in [1.82, 2.24) is 20.2 Å². The van der Waals surface area contributed by atoms with Crippen molar-refractivity contribution < 1.29 is 9.53 Å². The molecule has 1 rings (SSSR count). The van der Waals surface area contributed by atoms with Crippen LogP contribution in [0, 0.1) is 0 Å². The minimum Gasteiger partial charge on any atom is -0.460 e. The Morgan fingerprint density at radius 3 is 2.32 bits per heavy atom. The van der Waals surface area contributed by atoms with Crippen LogP contribution in [0.25, 0.3) is 0 Å². The van der Waals surface area contributed by atoms with Gasteiger partial charge in [0.2, 0.25) is 0 Å². The van der Waals surface area contributed by atoms with Crippen LogP contribution in [0.1, 0.15) is 60.2 Å². The Balaban J connectivity index is 2.38. The molecular formula is C13H24N4O2. The van der Waals surface area contributed by atoms with Crippen LogP contribution in [-0.4, -0.2) is 31.8 Å². The van der Waals surface area contributed by atoms with Crippen LogP contribution in [0.3, 0.4) is 0 Å². The van der Waals surface area contributed by atoms with Gasteiger partial charge in [-0.05, 0) is 32.4 Å². The fraction of sp³-hybridized carbons (Fsp3) is 0.846. The summed E-state index contributed by atoms with van der Waals surface area (Å²) in [5.74, 6) is 0.522. The zero-order chi connectivity index (χ0) is 14.7. The number of hydrogen-bond donors (Lipinski definition) is 0. The SMILES string of the molecule is CC(C)(C)OC(=O)CCCn1nnc(C(C)(C)C)n1. The summed E-state index contributed by atoms with van der Waals surface area (Å²) in [5, 5.41) is 12.3. The molecule has 0 aliphatic carbocycles. The molecule has 6 nitrogen and oxygen atoms in total. The lowest BCUT2D eigenvalue weighted by Crippen LogP contribution is -2.24. The van der Waals surface area contributed by atoms with Crippen LogP contribution in [0.15, 0.2) is 0 Å². The highest BCUT2D eigenvalue weighted by Crippen LogP contribution is 2.16. The van der Waals surface area contributed by atoms with E-state index in [1.165, 1.54) is 4.80 Å². The molecule has 0 atom stereocenters. The van der Waals surface area contributed by atoms with Gasteiger partial charge in [0.25, 0.3) is 0 Å². The molecule has 0 aliphatic heterocycles. The summed E-state index contributed by atoms with van der Waals surface area (Å²) in [7, 11) is 0. The average Bonchev–Trinajstić information content (AvgIpc) is 2.62. The Bertz CT molecular complexity index is 427. The Labute approximate surface area is 114 Å². The van der Waals surface area contributed by atoms with Crippen LogP contribution in [-0.2, 0) is 21.5 Å². The molecule has 0 amide bonds. The summed E-state index contributed by atoms with van der Waals surface area (Å²) < 4.78 is 5.23. The Hall–Kier alpha value is -1.46. The van der Waals surface area contributed by atoms with Gasteiger partial charge in [-0.3, -0.25) is 4.79 Å². The van der Waals surface area contributed by atoms with Gasteiger partial charge in [0.05, 0.1) is 6.54 Å². The Kier molecular flexibility index (Phi) is 4.66. The first-order chi connectivity index (χ1) is 8.58. The monoisotopic (exact) mass is 268 g/mol. The van der Waals surface area contributed by atoms with Gasteiger partial charge in [0.1, 0.15) is 5.60 Å². The quantitative estimate of drug-likeness (QED) is 0.782. The highest BCUT2D eigenvalue weighted by atomic mass is 16.6. The first kappa shape index (κ1) is 15.6. The number of carbonyl (C=O) groups is 1. The smallest absolute Gasteiger partial charge is 0.306 e. The maximum absolute atomic E-state index is 11.5. The fourth-order valence-electron chi connectivity index (χ4n) is 1.40. The van der Waals surface area contributed by atoms with Gasteiger partial charge < -0.3 is 4.74 Å². The molecule has 0 fully saturated rings. The molecular weight excluding hydrogens is 244 g/mol. The van der Waals surface area contributed by atoms with E-state index >= 15 is 0 Å². The van der Waals surface area contributed by atoms with Gasteiger partial charge >= 0.3 is 5.97 Å². The van der Waals surface area contributed by atoms with Crippen molar-refractivity contribution in [2.45, 2.75) is 71.9 Å². The molecule has 0 aliphatic rings. The Morgan fingerprint density at radius 1 is 1.21 bits per heavy atom. The molecule has 1 aromatic rings. The third-order valence-corrected chi connectivity index (χ3v) is 2.28. The van der Waals surface area contributed by atoms with E-state index in [4.69, 9.17) is 4.74 Å². The van der Waals surface area contributed by atoms with E-state index in [0.29, 0.717) is 25.2 Å². The molecule has 0 radical (unpaired) electrons. The molecule has 0 unspecified atom stereocenters. The molecule has 0 N–H and O–H groups in total. The molecule has 1 heterocycles.